The van der Waals surface area contributed by atoms with Gasteiger partial charge in [0.05, 0.1) is 30.2 Å². The average molecular weight is 513 g/mol. The van der Waals surface area contributed by atoms with E-state index in [1.165, 1.54) is 36.6 Å². The summed E-state index contributed by atoms with van der Waals surface area (Å²) in [5.41, 5.74) is 3.24. The van der Waals surface area contributed by atoms with Gasteiger partial charge in [-0.1, -0.05) is 25.5 Å². The number of carbonyl (C=O) groups is 2. The molecule has 0 aliphatic heterocycles. The van der Waals surface area contributed by atoms with Gasteiger partial charge in [-0.15, -0.1) is 0 Å². The molecule has 3 rings (SSSR count). The van der Waals surface area contributed by atoms with Crippen LogP contribution in [-0.2, 0) is 6.42 Å². The van der Waals surface area contributed by atoms with Crippen molar-refractivity contribution in [1.82, 2.24) is 0 Å². The van der Waals surface area contributed by atoms with Gasteiger partial charge in [0.1, 0.15) is 11.5 Å². The SMILES string of the molecule is CCCCc1ccc(N=Nc2ccc(OCCCOc3cc(C(=O)Cl)ccc3C(=O)Cl)cc2)cc1. The molecule has 0 radical (unpaired) electrons. The molecule has 0 N–H and O–H groups in total. The molecule has 3 aromatic rings. The van der Waals surface area contributed by atoms with Crippen LogP contribution in [0.1, 0.15) is 52.5 Å². The highest BCUT2D eigenvalue weighted by Gasteiger charge is 2.13. The number of benzene rings is 3. The zero-order chi connectivity index (χ0) is 25.0. The maximum absolute atomic E-state index is 11.6. The number of ether oxygens (including phenoxy) is 2. The normalized spacial score (nSPS) is 10.9. The third kappa shape index (κ3) is 8.50. The van der Waals surface area contributed by atoms with Crippen molar-refractivity contribution in [1.29, 1.82) is 0 Å². The Morgan fingerprint density at radius 1 is 0.771 bits per heavy atom. The molecule has 0 saturated heterocycles. The molecule has 0 aliphatic rings. The minimum Gasteiger partial charge on any atom is -0.493 e. The van der Waals surface area contributed by atoms with Crippen LogP contribution in [0.2, 0.25) is 0 Å². The molecule has 0 atom stereocenters. The van der Waals surface area contributed by atoms with E-state index in [0.29, 0.717) is 18.8 Å². The Morgan fingerprint density at radius 2 is 1.40 bits per heavy atom. The Morgan fingerprint density at radius 3 is 2.00 bits per heavy atom. The predicted octanol–water partition coefficient (Wildman–Crippen LogP) is 8.05. The van der Waals surface area contributed by atoms with E-state index >= 15 is 0 Å². The summed E-state index contributed by atoms with van der Waals surface area (Å²) in [6, 6.07) is 19.7. The van der Waals surface area contributed by atoms with Crippen molar-refractivity contribution in [2.45, 2.75) is 32.6 Å². The highest BCUT2D eigenvalue weighted by Crippen LogP contribution is 2.24. The zero-order valence-corrected chi connectivity index (χ0v) is 20.9. The van der Waals surface area contributed by atoms with Crippen LogP contribution in [0.25, 0.3) is 0 Å². The zero-order valence-electron chi connectivity index (χ0n) is 19.4. The van der Waals surface area contributed by atoms with Crippen LogP contribution in [0.15, 0.2) is 77.0 Å². The van der Waals surface area contributed by atoms with Gasteiger partial charge in [0.25, 0.3) is 10.5 Å². The van der Waals surface area contributed by atoms with E-state index < -0.39 is 10.5 Å². The van der Waals surface area contributed by atoms with Gasteiger partial charge >= 0.3 is 0 Å². The Balaban J connectivity index is 1.45. The van der Waals surface area contributed by atoms with Gasteiger partial charge in [-0.25, -0.2) is 0 Å². The molecule has 0 spiro atoms. The van der Waals surface area contributed by atoms with Crippen LogP contribution >= 0.6 is 23.2 Å². The lowest BCUT2D eigenvalue weighted by Crippen LogP contribution is -2.07. The van der Waals surface area contributed by atoms with Crippen molar-refractivity contribution in [2.24, 2.45) is 10.2 Å². The van der Waals surface area contributed by atoms with Gasteiger partial charge in [-0.3, -0.25) is 9.59 Å². The molecule has 182 valence electrons. The van der Waals surface area contributed by atoms with E-state index in [9.17, 15) is 9.59 Å². The maximum Gasteiger partial charge on any atom is 0.256 e. The number of nitrogens with zero attached hydrogens (tertiary/aromatic N) is 2. The second-order valence-electron chi connectivity index (χ2n) is 7.77. The molecule has 0 amide bonds. The molecule has 0 unspecified atom stereocenters. The van der Waals surface area contributed by atoms with Crippen molar-refractivity contribution in [3.63, 3.8) is 0 Å². The third-order valence-corrected chi connectivity index (χ3v) is 5.53. The lowest BCUT2D eigenvalue weighted by atomic mass is 10.1. The topological polar surface area (TPSA) is 77.3 Å². The smallest absolute Gasteiger partial charge is 0.256 e. The quantitative estimate of drug-likeness (QED) is 0.132. The van der Waals surface area contributed by atoms with Crippen LogP contribution in [0, 0.1) is 0 Å². The van der Waals surface area contributed by atoms with E-state index in [-0.39, 0.29) is 23.5 Å². The van der Waals surface area contributed by atoms with E-state index in [0.717, 1.165) is 17.8 Å². The molecule has 0 saturated carbocycles. The maximum atomic E-state index is 11.6. The van der Waals surface area contributed by atoms with Gasteiger partial charge in [0.15, 0.2) is 0 Å². The van der Waals surface area contributed by atoms with Crippen molar-refractivity contribution >= 4 is 45.1 Å². The molecular formula is C27H26Cl2N2O4. The first kappa shape index (κ1) is 26.4. The molecular weight excluding hydrogens is 487 g/mol. The fraction of sp³-hybridized carbons (Fsp3) is 0.259. The minimum atomic E-state index is -0.675. The van der Waals surface area contributed by atoms with Crippen LogP contribution in [-0.4, -0.2) is 23.7 Å². The number of hydrogen-bond acceptors (Lipinski definition) is 6. The van der Waals surface area contributed by atoms with E-state index in [2.05, 4.69) is 29.3 Å². The summed E-state index contributed by atoms with van der Waals surface area (Å²) < 4.78 is 11.3. The second kappa shape index (κ2) is 13.6. The highest BCUT2D eigenvalue weighted by atomic mass is 35.5. The Labute approximate surface area is 214 Å². The fourth-order valence-corrected chi connectivity index (χ4v) is 3.47. The van der Waals surface area contributed by atoms with Gasteiger partial charge in [0.2, 0.25) is 0 Å². The number of carbonyl (C=O) groups excluding carboxylic acids is 2. The summed E-state index contributed by atoms with van der Waals surface area (Å²) >= 11 is 11.1. The van der Waals surface area contributed by atoms with Crippen molar-refractivity contribution in [2.75, 3.05) is 13.2 Å². The molecule has 0 aliphatic carbocycles. The summed E-state index contributed by atoms with van der Waals surface area (Å²) in [5.74, 6) is 0.900. The minimum absolute atomic E-state index is 0.173. The van der Waals surface area contributed by atoms with Crippen molar-refractivity contribution in [3.05, 3.63) is 83.4 Å². The molecule has 0 heterocycles. The fourth-order valence-electron chi connectivity index (χ4n) is 3.19. The summed E-state index contributed by atoms with van der Waals surface area (Å²) in [7, 11) is 0. The number of unbranched alkanes of at least 4 members (excludes halogenated alkanes) is 1. The standard InChI is InChI=1S/C27H26Cl2N2O4/c1-2-3-5-19-6-9-21(10-7-19)30-31-22-11-13-23(14-12-22)34-16-4-17-35-25-18-20(26(28)32)8-15-24(25)27(29)33/h6-15,18H,2-5,16-17H2,1H3. The van der Waals surface area contributed by atoms with E-state index in [1.54, 1.807) is 0 Å². The number of hydrogen-bond donors (Lipinski definition) is 0. The predicted molar refractivity (Wildman–Crippen MR) is 138 cm³/mol. The Hall–Kier alpha value is -3.22. The number of halogens is 2. The first-order chi connectivity index (χ1) is 17.0. The summed E-state index contributed by atoms with van der Waals surface area (Å²) in [6.07, 6.45) is 3.99. The number of rotatable bonds is 13. The van der Waals surface area contributed by atoms with Gasteiger partial charge in [-0.2, -0.15) is 10.2 Å². The van der Waals surface area contributed by atoms with Crippen LogP contribution in [0.5, 0.6) is 11.5 Å². The summed E-state index contributed by atoms with van der Waals surface area (Å²) in [4.78, 5) is 22.9. The average Bonchev–Trinajstić information content (AvgIpc) is 2.87. The lowest BCUT2D eigenvalue weighted by molar-refractivity contribution is 0.106. The van der Waals surface area contributed by atoms with Crippen molar-refractivity contribution in [3.8, 4) is 11.5 Å². The Kier molecular flexibility index (Phi) is 10.3. The summed E-state index contributed by atoms with van der Waals surface area (Å²) in [5, 5.41) is 7.24. The molecule has 8 heteroatoms. The Bertz CT molecular complexity index is 1160. The molecule has 0 fully saturated rings. The number of azo groups is 1. The third-order valence-electron chi connectivity index (χ3n) is 5.11. The first-order valence-electron chi connectivity index (χ1n) is 11.4. The van der Waals surface area contributed by atoms with E-state index in [1.807, 2.05) is 36.4 Å². The van der Waals surface area contributed by atoms with Crippen LogP contribution in [0.3, 0.4) is 0 Å². The lowest BCUT2D eigenvalue weighted by Gasteiger charge is -2.11. The van der Waals surface area contributed by atoms with Crippen LogP contribution < -0.4 is 9.47 Å². The summed E-state index contributed by atoms with van der Waals surface area (Å²) in [6.45, 7) is 2.84. The monoisotopic (exact) mass is 512 g/mol. The largest absolute Gasteiger partial charge is 0.493 e. The van der Waals surface area contributed by atoms with Crippen molar-refractivity contribution < 1.29 is 19.1 Å². The molecule has 0 aromatic heterocycles. The van der Waals surface area contributed by atoms with Gasteiger partial charge in [-0.05, 0) is 96.2 Å². The van der Waals surface area contributed by atoms with Crippen LogP contribution in [0.4, 0.5) is 11.4 Å². The van der Waals surface area contributed by atoms with Gasteiger partial charge < -0.3 is 9.47 Å². The first-order valence-corrected chi connectivity index (χ1v) is 12.1. The number of aryl methyl sites for hydroxylation is 1. The molecule has 0 bridgehead atoms. The molecule has 35 heavy (non-hydrogen) atoms. The molecule has 6 nitrogen and oxygen atoms in total. The second-order valence-corrected chi connectivity index (χ2v) is 8.46. The van der Waals surface area contributed by atoms with Gasteiger partial charge in [0, 0.05) is 12.0 Å². The van der Waals surface area contributed by atoms with E-state index in [4.69, 9.17) is 32.7 Å². The highest BCUT2D eigenvalue weighted by molar-refractivity contribution is 6.68. The molecule has 3 aromatic carbocycles.